The number of furan rings is 1. The predicted octanol–water partition coefficient (Wildman–Crippen LogP) is 2.50. The van der Waals surface area contributed by atoms with Crippen LogP contribution in [0.3, 0.4) is 0 Å². The third kappa shape index (κ3) is 1.84. The first-order valence-electron chi connectivity index (χ1n) is 5.95. The SMILES string of the molecule is CCc1ncc2c(NCc3ccco3)nccn12. The molecule has 3 aromatic heterocycles. The van der Waals surface area contributed by atoms with Crippen molar-refractivity contribution < 1.29 is 4.42 Å². The lowest BCUT2D eigenvalue weighted by molar-refractivity contribution is 0.518. The molecule has 92 valence electrons. The van der Waals surface area contributed by atoms with E-state index < -0.39 is 0 Å². The average Bonchev–Trinajstić information content (AvgIpc) is 3.05. The monoisotopic (exact) mass is 242 g/mol. The number of anilines is 1. The summed E-state index contributed by atoms with van der Waals surface area (Å²) in [6.07, 6.45) is 8.11. The van der Waals surface area contributed by atoms with Crippen LogP contribution < -0.4 is 5.32 Å². The Morgan fingerprint density at radius 3 is 3.11 bits per heavy atom. The summed E-state index contributed by atoms with van der Waals surface area (Å²) >= 11 is 0. The summed E-state index contributed by atoms with van der Waals surface area (Å²) < 4.78 is 7.33. The fourth-order valence-electron chi connectivity index (χ4n) is 1.96. The highest BCUT2D eigenvalue weighted by molar-refractivity contribution is 5.67. The maximum Gasteiger partial charge on any atom is 0.152 e. The second-order valence-corrected chi connectivity index (χ2v) is 3.99. The van der Waals surface area contributed by atoms with Gasteiger partial charge in [0.25, 0.3) is 0 Å². The molecule has 3 aromatic rings. The van der Waals surface area contributed by atoms with E-state index in [2.05, 4.69) is 26.6 Å². The van der Waals surface area contributed by atoms with Gasteiger partial charge in [-0.25, -0.2) is 9.97 Å². The molecule has 0 spiro atoms. The molecule has 5 heteroatoms. The van der Waals surface area contributed by atoms with Gasteiger partial charge in [-0.15, -0.1) is 0 Å². The first-order valence-corrected chi connectivity index (χ1v) is 5.95. The van der Waals surface area contributed by atoms with E-state index in [0.29, 0.717) is 6.54 Å². The number of hydrogen-bond donors (Lipinski definition) is 1. The van der Waals surface area contributed by atoms with Crippen molar-refractivity contribution in [2.75, 3.05) is 5.32 Å². The second-order valence-electron chi connectivity index (χ2n) is 3.99. The van der Waals surface area contributed by atoms with Gasteiger partial charge in [0.1, 0.15) is 17.1 Å². The topological polar surface area (TPSA) is 55.4 Å². The van der Waals surface area contributed by atoms with Gasteiger partial charge in [-0.3, -0.25) is 4.40 Å². The van der Waals surface area contributed by atoms with Crippen molar-refractivity contribution in [1.29, 1.82) is 0 Å². The van der Waals surface area contributed by atoms with Gasteiger partial charge < -0.3 is 9.73 Å². The number of aromatic nitrogens is 3. The Hall–Kier alpha value is -2.30. The summed E-state index contributed by atoms with van der Waals surface area (Å²) in [5.41, 5.74) is 0.987. The third-order valence-corrected chi connectivity index (χ3v) is 2.86. The maximum atomic E-state index is 5.28. The number of nitrogens with one attached hydrogen (secondary N) is 1. The van der Waals surface area contributed by atoms with E-state index in [-0.39, 0.29) is 0 Å². The highest BCUT2D eigenvalue weighted by Gasteiger charge is 2.07. The zero-order valence-electron chi connectivity index (χ0n) is 10.1. The Balaban J connectivity index is 1.90. The molecule has 0 aliphatic carbocycles. The van der Waals surface area contributed by atoms with E-state index in [4.69, 9.17) is 4.42 Å². The van der Waals surface area contributed by atoms with Gasteiger partial charge >= 0.3 is 0 Å². The largest absolute Gasteiger partial charge is 0.467 e. The highest BCUT2D eigenvalue weighted by atomic mass is 16.3. The predicted molar refractivity (Wildman–Crippen MR) is 68.4 cm³/mol. The zero-order valence-corrected chi connectivity index (χ0v) is 10.1. The molecule has 0 atom stereocenters. The minimum Gasteiger partial charge on any atom is -0.467 e. The number of hydrogen-bond acceptors (Lipinski definition) is 4. The van der Waals surface area contributed by atoms with Crippen LogP contribution in [0.15, 0.2) is 41.4 Å². The van der Waals surface area contributed by atoms with Crippen LogP contribution in [0, 0.1) is 0 Å². The van der Waals surface area contributed by atoms with E-state index in [9.17, 15) is 0 Å². The zero-order chi connectivity index (χ0) is 12.4. The van der Waals surface area contributed by atoms with Crippen molar-refractivity contribution in [3.63, 3.8) is 0 Å². The fourth-order valence-corrected chi connectivity index (χ4v) is 1.96. The number of aryl methyl sites for hydroxylation is 1. The molecule has 0 fully saturated rings. The molecular formula is C13H14N4O. The van der Waals surface area contributed by atoms with Crippen LogP contribution >= 0.6 is 0 Å². The van der Waals surface area contributed by atoms with E-state index >= 15 is 0 Å². The molecular weight excluding hydrogens is 228 g/mol. The molecule has 3 heterocycles. The van der Waals surface area contributed by atoms with Crippen LogP contribution in [-0.2, 0) is 13.0 Å². The lowest BCUT2D eigenvalue weighted by Crippen LogP contribution is -2.03. The molecule has 0 radical (unpaired) electrons. The van der Waals surface area contributed by atoms with E-state index in [1.807, 2.05) is 24.5 Å². The molecule has 0 saturated heterocycles. The normalized spacial score (nSPS) is 10.9. The molecule has 0 aliphatic rings. The maximum absolute atomic E-state index is 5.28. The minimum atomic E-state index is 0.617. The fraction of sp³-hybridized carbons (Fsp3) is 0.231. The van der Waals surface area contributed by atoms with Gasteiger partial charge in [-0.05, 0) is 12.1 Å². The molecule has 0 bridgehead atoms. The lowest BCUT2D eigenvalue weighted by atomic mass is 10.4. The number of nitrogens with zero attached hydrogens (tertiary/aromatic N) is 3. The summed E-state index contributed by atoms with van der Waals surface area (Å²) in [6, 6.07) is 3.81. The van der Waals surface area contributed by atoms with Gasteiger partial charge in [0.15, 0.2) is 5.82 Å². The Labute approximate surface area is 104 Å². The van der Waals surface area contributed by atoms with Crippen LogP contribution in [0.1, 0.15) is 18.5 Å². The van der Waals surface area contributed by atoms with Crippen LogP contribution in [0.25, 0.3) is 5.52 Å². The smallest absolute Gasteiger partial charge is 0.152 e. The molecule has 5 nitrogen and oxygen atoms in total. The van der Waals surface area contributed by atoms with Crippen molar-refractivity contribution in [1.82, 2.24) is 14.4 Å². The number of rotatable bonds is 4. The summed E-state index contributed by atoms with van der Waals surface area (Å²) in [7, 11) is 0. The lowest BCUT2D eigenvalue weighted by Gasteiger charge is -2.06. The molecule has 0 aliphatic heterocycles. The Morgan fingerprint density at radius 1 is 1.39 bits per heavy atom. The van der Waals surface area contributed by atoms with Crippen molar-refractivity contribution >= 4 is 11.3 Å². The molecule has 0 aromatic carbocycles. The quantitative estimate of drug-likeness (QED) is 0.763. The van der Waals surface area contributed by atoms with Crippen LogP contribution in [0.4, 0.5) is 5.82 Å². The van der Waals surface area contributed by atoms with Crippen LogP contribution in [0.2, 0.25) is 0 Å². The van der Waals surface area contributed by atoms with Gasteiger partial charge in [0, 0.05) is 18.8 Å². The van der Waals surface area contributed by atoms with Crippen molar-refractivity contribution in [3.05, 3.63) is 48.6 Å². The second kappa shape index (κ2) is 4.52. The first-order chi connectivity index (χ1) is 8.88. The van der Waals surface area contributed by atoms with Crippen LogP contribution in [-0.4, -0.2) is 14.4 Å². The van der Waals surface area contributed by atoms with Gasteiger partial charge in [-0.2, -0.15) is 0 Å². The van der Waals surface area contributed by atoms with Crippen molar-refractivity contribution in [2.24, 2.45) is 0 Å². The third-order valence-electron chi connectivity index (χ3n) is 2.86. The van der Waals surface area contributed by atoms with Crippen molar-refractivity contribution in [2.45, 2.75) is 19.9 Å². The molecule has 0 amide bonds. The van der Waals surface area contributed by atoms with Gasteiger partial charge in [-0.1, -0.05) is 6.92 Å². The highest BCUT2D eigenvalue weighted by Crippen LogP contribution is 2.16. The number of fused-ring (bicyclic) bond motifs is 1. The molecule has 0 unspecified atom stereocenters. The summed E-state index contributed by atoms with van der Waals surface area (Å²) in [4.78, 5) is 8.72. The molecule has 1 N–H and O–H groups in total. The van der Waals surface area contributed by atoms with Crippen molar-refractivity contribution in [3.8, 4) is 0 Å². The summed E-state index contributed by atoms with van der Waals surface area (Å²) in [5.74, 6) is 2.74. The van der Waals surface area contributed by atoms with E-state index in [1.165, 1.54) is 0 Å². The molecule has 3 rings (SSSR count). The summed E-state index contributed by atoms with van der Waals surface area (Å²) in [6.45, 7) is 2.71. The van der Waals surface area contributed by atoms with Crippen LogP contribution in [0.5, 0.6) is 0 Å². The molecule has 0 saturated carbocycles. The minimum absolute atomic E-state index is 0.617. The Kier molecular flexibility index (Phi) is 2.72. The van der Waals surface area contributed by atoms with Gasteiger partial charge in [0.05, 0.1) is 19.0 Å². The van der Waals surface area contributed by atoms with E-state index in [1.54, 1.807) is 12.5 Å². The van der Waals surface area contributed by atoms with E-state index in [0.717, 1.165) is 29.3 Å². The van der Waals surface area contributed by atoms with Gasteiger partial charge in [0.2, 0.25) is 0 Å². The Bertz CT molecular complexity index is 642. The average molecular weight is 242 g/mol. The molecule has 18 heavy (non-hydrogen) atoms. The summed E-state index contributed by atoms with van der Waals surface area (Å²) in [5, 5.41) is 3.26. The Morgan fingerprint density at radius 2 is 2.33 bits per heavy atom. The number of imidazole rings is 1. The first kappa shape index (κ1) is 10.8. The standard InChI is InChI=1S/C13H14N4O/c1-2-12-15-9-11-13(14-5-6-17(11)12)16-8-10-4-3-7-18-10/h3-7,9H,2,8H2,1H3,(H,14,16).